The van der Waals surface area contributed by atoms with Crippen molar-refractivity contribution in [2.75, 3.05) is 0 Å². The minimum Gasteiger partial charge on any atom is -0.207 e. The lowest BCUT2D eigenvalue weighted by atomic mass is 9.87. The van der Waals surface area contributed by atoms with E-state index < -0.39 is 10.0 Å². The molecule has 1 N–H and O–H groups in total. The van der Waals surface area contributed by atoms with Crippen LogP contribution in [0.1, 0.15) is 31.2 Å². The summed E-state index contributed by atoms with van der Waals surface area (Å²) in [5.74, 6) is 0. The van der Waals surface area contributed by atoms with Gasteiger partial charge in [-0.1, -0.05) is 85.9 Å². The van der Waals surface area contributed by atoms with Gasteiger partial charge in [-0.05, 0) is 59.0 Å². The van der Waals surface area contributed by atoms with Gasteiger partial charge in [0.1, 0.15) is 0 Å². The first kappa shape index (κ1) is 26.2. The van der Waals surface area contributed by atoms with Crippen molar-refractivity contribution in [2.45, 2.75) is 37.6 Å². The van der Waals surface area contributed by atoms with Crippen LogP contribution in [0.4, 0.5) is 0 Å². The van der Waals surface area contributed by atoms with E-state index in [0.717, 1.165) is 32.0 Å². The Morgan fingerprint density at radius 3 is 2.03 bits per heavy atom. The highest BCUT2D eigenvalue weighted by atomic mass is 35.5. The van der Waals surface area contributed by atoms with E-state index in [1.807, 2.05) is 48.5 Å². The molecule has 4 aromatic rings. The van der Waals surface area contributed by atoms with Gasteiger partial charge in [0.15, 0.2) is 0 Å². The first-order valence-electron chi connectivity index (χ1n) is 10.9. The van der Waals surface area contributed by atoms with Crippen molar-refractivity contribution in [1.29, 1.82) is 0 Å². The fraction of sp³-hybridized carbons (Fsp3) is 0.185. The zero-order valence-electron chi connectivity index (χ0n) is 19.4. The molecule has 0 bridgehead atoms. The number of hydrogen-bond acceptors (Lipinski definition) is 3. The molecule has 3 nitrogen and oxygen atoms in total. The third-order valence-corrected chi connectivity index (χ3v) is 8.97. The summed E-state index contributed by atoms with van der Waals surface area (Å²) in [6.45, 7) is 6.43. The Balaban J connectivity index is 1.65. The van der Waals surface area contributed by atoms with Gasteiger partial charge in [0.25, 0.3) is 0 Å². The van der Waals surface area contributed by atoms with Gasteiger partial charge >= 0.3 is 0 Å². The molecule has 8 heteroatoms. The molecule has 0 atom stereocenters. The van der Waals surface area contributed by atoms with Gasteiger partial charge in [-0.3, -0.25) is 0 Å². The van der Waals surface area contributed by atoms with Crippen molar-refractivity contribution in [1.82, 2.24) is 4.72 Å². The third-order valence-electron chi connectivity index (χ3n) is 5.58. The highest BCUT2D eigenvalue weighted by Gasteiger charge is 2.20. The normalized spacial score (nSPS) is 12.2. The smallest absolute Gasteiger partial charge is 0.207 e. The van der Waals surface area contributed by atoms with Crippen LogP contribution in [0.15, 0.2) is 77.7 Å². The molecule has 35 heavy (non-hydrogen) atoms. The fourth-order valence-corrected chi connectivity index (χ4v) is 6.57. The Morgan fingerprint density at radius 1 is 0.800 bits per heavy atom. The summed E-state index contributed by atoms with van der Waals surface area (Å²) >= 11 is 20.2. The van der Waals surface area contributed by atoms with Gasteiger partial charge in [0, 0.05) is 37.5 Å². The number of hydrogen-bond donors (Lipinski definition) is 1. The maximum absolute atomic E-state index is 13.0. The lowest BCUT2D eigenvalue weighted by Crippen LogP contribution is -2.23. The third kappa shape index (κ3) is 6.11. The van der Waals surface area contributed by atoms with Crippen LogP contribution in [0.3, 0.4) is 0 Å². The van der Waals surface area contributed by atoms with Gasteiger partial charge in [-0.25, -0.2) is 13.1 Å². The predicted molar refractivity (Wildman–Crippen MR) is 149 cm³/mol. The van der Waals surface area contributed by atoms with E-state index in [-0.39, 0.29) is 16.9 Å². The van der Waals surface area contributed by atoms with E-state index in [2.05, 4.69) is 25.5 Å². The van der Waals surface area contributed by atoms with Crippen LogP contribution in [0.5, 0.6) is 0 Å². The summed E-state index contributed by atoms with van der Waals surface area (Å²) in [5.41, 5.74) is 3.76. The van der Waals surface area contributed by atoms with E-state index in [1.54, 1.807) is 24.3 Å². The SMILES string of the molecule is CC(C)(C)c1ccc(S(=O)(=O)NCc2cc(-c3ccc(Cl)cc3)c(-c3ccc(Cl)cc3Cl)s2)cc1. The molecule has 0 saturated carbocycles. The number of nitrogens with one attached hydrogen (secondary N) is 1. The molecule has 1 aromatic heterocycles. The molecule has 0 radical (unpaired) electrons. The zero-order chi connectivity index (χ0) is 25.4. The van der Waals surface area contributed by atoms with Gasteiger partial charge < -0.3 is 0 Å². The quantitative estimate of drug-likeness (QED) is 0.254. The molecule has 0 aliphatic carbocycles. The monoisotopic (exact) mass is 563 g/mol. The van der Waals surface area contributed by atoms with Crippen LogP contribution >= 0.6 is 46.1 Å². The molecule has 0 unspecified atom stereocenters. The lowest BCUT2D eigenvalue weighted by molar-refractivity contribution is 0.578. The van der Waals surface area contributed by atoms with Crippen LogP contribution < -0.4 is 4.72 Å². The largest absolute Gasteiger partial charge is 0.240 e. The molecule has 3 aromatic carbocycles. The molecule has 0 aliphatic rings. The van der Waals surface area contributed by atoms with Crippen molar-refractivity contribution in [3.63, 3.8) is 0 Å². The molecule has 0 spiro atoms. The highest BCUT2D eigenvalue weighted by molar-refractivity contribution is 7.89. The molecular weight excluding hydrogens is 541 g/mol. The Labute approximate surface area is 225 Å². The molecule has 0 aliphatic heterocycles. The summed E-state index contributed by atoms with van der Waals surface area (Å²) in [4.78, 5) is 2.02. The minimum atomic E-state index is -3.68. The molecule has 1 heterocycles. The van der Waals surface area contributed by atoms with E-state index in [1.165, 1.54) is 11.3 Å². The summed E-state index contributed by atoms with van der Waals surface area (Å²) in [5, 5.41) is 1.72. The van der Waals surface area contributed by atoms with Gasteiger partial charge in [0.2, 0.25) is 10.0 Å². The maximum atomic E-state index is 13.0. The van der Waals surface area contributed by atoms with Gasteiger partial charge in [-0.2, -0.15) is 0 Å². The highest BCUT2D eigenvalue weighted by Crippen LogP contribution is 2.43. The van der Waals surface area contributed by atoms with Gasteiger partial charge in [-0.15, -0.1) is 11.3 Å². The Bertz CT molecular complexity index is 1450. The summed E-state index contributed by atoms with van der Waals surface area (Å²) in [6.07, 6.45) is 0. The van der Waals surface area contributed by atoms with E-state index in [4.69, 9.17) is 34.8 Å². The Kier molecular flexibility index (Phi) is 7.68. The molecule has 0 saturated heterocycles. The molecule has 4 rings (SSSR count). The Morgan fingerprint density at radius 2 is 1.43 bits per heavy atom. The zero-order valence-corrected chi connectivity index (χ0v) is 23.3. The van der Waals surface area contributed by atoms with Crippen LogP contribution in [-0.2, 0) is 22.0 Å². The fourth-order valence-electron chi connectivity index (χ4n) is 3.63. The number of thiophene rings is 1. The second-order valence-corrected chi connectivity index (χ2v) is 13.4. The first-order chi connectivity index (χ1) is 16.4. The van der Waals surface area contributed by atoms with E-state index in [9.17, 15) is 8.42 Å². The van der Waals surface area contributed by atoms with Crippen molar-refractivity contribution < 1.29 is 8.42 Å². The standard InChI is InChI=1S/C27H24Cl3NO2S2/c1-27(2,3)18-6-11-22(12-7-18)35(32,33)31-16-21-15-24(17-4-8-19(28)9-5-17)26(34-21)23-13-10-20(29)14-25(23)30/h4-15,31H,16H2,1-3H3. The first-order valence-corrected chi connectivity index (χ1v) is 14.3. The molecular formula is C27H24Cl3NO2S2. The van der Waals surface area contributed by atoms with Crippen LogP contribution in [0.25, 0.3) is 21.6 Å². The summed E-state index contributed by atoms with van der Waals surface area (Å²) in [6, 6.07) is 21.9. The second-order valence-electron chi connectivity index (χ2n) is 9.19. The predicted octanol–water partition coefficient (Wildman–Crippen LogP) is 8.82. The van der Waals surface area contributed by atoms with Crippen molar-refractivity contribution in [2.24, 2.45) is 0 Å². The number of halogens is 3. The lowest BCUT2D eigenvalue weighted by Gasteiger charge is -2.19. The molecule has 0 fully saturated rings. The summed E-state index contributed by atoms with van der Waals surface area (Å²) in [7, 11) is -3.68. The van der Waals surface area contributed by atoms with Crippen LogP contribution in [0, 0.1) is 0 Å². The number of benzene rings is 3. The van der Waals surface area contributed by atoms with Crippen LogP contribution in [-0.4, -0.2) is 8.42 Å². The van der Waals surface area contributed by atoms with Crippen LogP contribution in [0.2, 0.25) is 15.1 Å². The summed E-state index contributed by atoms with van der Waals surface area (Å²) < 4.78 is 28.7. The molecule has 0 amide bonds. The van der Waals surface area contributed by atoms with Gasteiger partial charge in [0.05, 0.1) is 9.92 Å². The average molecular weight is 565 g/mol. The average Bonchev–Trinajstić information content (AvgIpc) is 3.22. The number of rotatable bonds is 6. The number of sulfonamides is 1. The van der Waals surface area contributed by atoms with E-state index in [0.29, 0.717) is 15.1 Å². The topological polar surface area (TPSA) is 46.2 Å². The second kappa shape index (κ2) is 10.3. The Hall–Kier alpha value is -1.86. The van der Waals surface area contributed by atoms with Crippen molar-refractivity contribution >= 4 is 56.2 Å². The minimum absolute atomic E-state index is 0.0515. The van der Waals surface area contributed by atoms with E-state index >= 15 is 0 Å². The van der Waals surface area contributed by atoms with Crippen molar-refractivity contribution in [3.05, 3.63) is 98.3 Å². The molecule has 182 valence electrons. The maximum Gasteiger partial charge on any atom is 0.240 e. The van der Waals surface area contributed by atoms with Crippen molar-refractivity contribution in [3.8, 4) is 21.6 Å².